The Bertz CT molecular complexity index is 376. The second-order valence-electron chi connectivity index (χ2n) is 7.69. The maximum absolute atomic E-state index is 4.39. The van der Waals surface area contributed by atoms with Crippen LogP contribution < -0.4 is 10.6 Å². The van der Waals surface area contributed by atoms with E-state index in [4.69, 9.17) is 0 Å². The summed E-state index contributed by atoms with van der Waals surface area (Å²) in [6, 6.07) is 0.791. The van der Waals surface area contributed by atoms with Gasteiger partial charge in [-0.2, -0.15) is 0 Å². The summed E-state index contributed by atoms with van der Waals surface area (Å²) in [4.78, 5) is 9.61. The molecule has 0 bridgehead atoms. The quantitative estimate of drug-likeness (QED) is 0.521. The van der Waals surface area contributed by atoms with Crippen LogP contribution in [-0.4, -0.2) is 74.7 Å². The molecule has 1 unspecified atom stereocenters. The maximum Gasteiger partial charge on any atom is 0.191 e. The average Bonchev–Trinajstić information content (AvgIpc) is 2.67. The Morgan fingerprint density at radius 2 is 1.76 bits per heavy atom. The predicted molar refractivity (Wildman–Crippen MR) is 108 cm³/mol. The van der Waals surface area contributed by atoms with Crippen molar-refractivity contribution in [2.24, 2.45) is 10.9 Å². The molecule has 0 spiro atoms. The minimum absolute atomic E-state index is 0.791. The molecule has 5 nitrogen and oxygen atoms in total. The van der Waals surface area contributed by atoms with E-state index in [0.29, 0.717) is 0 Å². The molecule has 5 heteroatoms. The molecule has 146 valence electrons. The third-order valence-corrected chi connectivity index (χ3v) is 6.13. The van der Waals surface area contributed by atoms with Crippen molar-refractivity contribution in [3.63, 3.8) is 0 Å². The fraction of sp³-hybridized carbons (Fsp3) is 0.950. The number of nitrogens with zero attached hydrogens (tertiary/aromatic N) is 3. The molecule has 0 saturated carbocycles. The van der Waals surface area contributed by atoms with Gasteiger partial charge in [-0.15, -0.1) is 0 Å². The van der Waals surface area contributed by atoms with E-state index in [0.717, 1.165) is 37.6 Å². The zero-order chi connectivity index (χ0) is 17.9. The van der Waals surface area contributed by atoms with Gasteiger partial charge in [0.05, 0.1) is 0 Å². The topological polar surface area (TPSA) is 42.9 Å². The van der Waals surface area contributed by atoms with Gasteiger partial charge in [0.2, 0.25) is 0 Å². The van der Waals surface area contributed by atoms with E-state index < -0.39 is 0 Å². The summed E-state index contributed by atoms with van der Waals surface area (Å²) in [6.45, 7) is 12.8. The van der Waals surface area contributed by atoms with E-state index in [1.807, 2.05) is 7.05 Å². The van der Waals surface area contributed by atoms with E-state index in [-0.39, 0.29) is 0 Å². The maximum atomic E-state index is 4.39. The van der Waals surface area contributed by atoms with Crippen molar-refractivity contribution < 1.29 is 0 Å². The van der Waals surface area contributed by atoms with E-state index in [1.165, 1.54) is 71.1 Å². The molecule has 2 aliphatic rings. The van der Waals surface area contributed by atoms with E-state index in [2.05, 4.69) is 39.3 Å². The first kappa shape index (κ1) is 20.5. The molecule has 2 N–H and O–H groups in total. The molecule has 25 heavy (non-hydrogen) atoms. The van der Waals surface area contributed by atoms with Crippen LogP contribution in [0.4, 0.5) is 0 Å². The average molecular weight is 352 g/mol. The van der Waals surface area contributed by atoms with Crippen molar-refractivity contribution >= 4 is 5.96 Å². The Kier molecular flexibility index (Phi) is 9.63. The summed E-state index contributed by atoms with van der Waals surface area (Å²) < 4.78 is 0. The molecule has 0 aromatic heterocycles. The summed E-state index contributed by atoms with van der Waals surface area (Å²) in [5.41, 5.74) is 0. The number of piperidine rings is 2. The number of rotatable bonds is 8. The zero-order valence-corrected chi connectivity index (χ0v) is 16.9. The number of aliphatic imine (C=N–C) groups is 1. The lowest BCUT2D eigenvalue weighted by molar-refractivity contribution is 0.147. The fourth-order valence-corrected chi connectivity index (χ4v) is 4.34. The molecule has 2 aliphatic heterocycles. The Morgan fingerprint density at radius 3 is 2.44 bits per heavy atom. The van der Waals surface area contributed by atoms with Gasteiger partial charge in [0.15, 0.2) is 5.96 Å². The summed E-state index contributed by atoms with van der Waals surface area (Å²) >= 11 is 0. The van der Waals surface area contributed by atoms with E-state index in [1.54, 1.807) is 0 Å². The van der Waals surface area contributed by atoms with Crippen molar-refractivity contribution in [1.82, 2.24) is 20.4 Å². The first-order chi connectivity index (χ1) is 12.3. The highest BCUT2D eigenvalue weighted by Gasteiger charge is 2.20. The van der Waals surface area contributed by atoms with Crippen molar-refractivity contribution in [2.45, 2.75) is 64.8 Å². The summed E-state index contributed by atoms with van der Waals surface area (Å²) in [5, 5.41) is 7.02. The third-order valence-electron chi connectivity index (χ3n) is 6.13. The highest BCUT2D eigenvalue weighted by molar-refractivity contribution is 5.79. The van der Waals surface area contributed by atoms with Crippen molar-refractivity contribution in [3.05, 3.63) is 0 Å². The van der Waals surface area contributed by atoms with Gasteiger partial charge in [-0.25, -0.2) is 0 Å². The Balaban J connectivity index is 1.57. The molecular weight excluding hydrogens is 310 g/mol. The van der Waals surface area contributed by atoms with Crippen LogP contribution in [-0.2, 0) is 0 Å². The number of hydrogen-bond acceptors (Lipinski definition) is 3. The van der Waals surface area contributed by atoms with Crippen molar-refractivity contribution in [2.75, 3.05) is 52.9 Å². The van der Waals surface area contributed by atoms with Crippen LogP contribution in [0.5, 0.6) is 0 Å². The molecule has 0 radical (unpaired) electrons. The second-order valence-corrected chi connectivity index (χ2v) is 7.69. The van der Waals surface area contributed by atoms with Crippen molar-refractivity contribution in [1.29, 1.82) is 0 Å². The van der Waals surface area contributed by atoms with Crippen LogP contribution in [0.15, 0.2) is 4.99 Å². The molecule has 0 amide bonds. The number of nitrogens with one attached hydrogen (secondary N) is 2. The fourth-order valence-electron chi connectivity index (χ4n) is 4.34. The molecule has 2 fully saturated rings. The van der Waals surface area contributed by atoms with Gasteiger partial charge in [-0.05, 0) is 70.6 Å². The largest absolute Gasteiger partial charge is 0.356 e. The minimum atomic E-state index is 0.791. The first-order valence-corrected chi connectivity index (χ1v) is 10.7. The van der Waals surface area contributed by atoms with Gasteiger partial charge >= 0.3 is 0 Å². The van der Waals surface area contributed by atoms with Crippen LogP contribution in [0.2, 0.25) is 0 Å². The minimum Gasteiger partial charge on any atom is -0.356 e. The molecule has 1 atom stereocenters. The highest BCUT2D eigenvalue weighted by Crippen LogP contribution is 2.20. The van der Waals surface area contributed by atoms with Crippen LogP contribution in [0.25, 0.3) is 0 Å². The van der Waals surface area contributed by atoms with Crippen LogP contribution in [0, 0.1) is 5.92 Å². The SMILES string of the molecule is CCC1CCCCN1CCNC(=NC)NCCC1CCN(CC)CC1. The zero-order valence-electron chi connectivity index (χ0n) is 16.9. The molecule has 0 aromatic carbocycles. The highest BCUT2D eigenvalue weighted by atomic mass is 15.2. The second kappa shape index (κ2) is 11.7. The monoisotopic (exact) mass is 351 g/mol. The third kappa shape index (κ3) is 7.14. The number of hydrogen-bond donors (Lipinski definition) is 2. The Labute approximate surface area is 155 Å². The van der Waals surface area contributed by atoms with E-state index >= 15 is 0 Å². The Morgan fingerprint density at radius 1 is 1.00 bits per heavy atom. The van der Waals surface area contributed by atoms with Gasteiger partial charge in [-0.3, -0.25) is 9.89 Å². The summed E-state index contributed by atoms with van der Waals surface area (Å²) in [6.07, 6.45) is 9.40. The summed E-state index contributed by atoms with van der Waals surface area (Å²) in [7, 11) is 1.88. The van der Waals surface area contributed by atoms with Crippen LogP contribution in [0.1, 0.15) is 58.8 Å². The molecule has 2 heterocycles. The predicted octanol–water partition coefficient (Wildman–Crippen LogP) is 2.54. The van der Waals surface area contributed by atoms with E-state index in [9.17, 15) is 0 Å². The normalized spacial score (nSPS) is 24.4. The van der Waals surface area contributed by atoms with Gasteiger partial charge in [0.1, 0.15) is 0 Å². The standard InChI is InChI=1S/C20H41N5/c1-4-19-8-6-7-14-25(19)17-13-23-20(21-3)22-12-9-18-10-15-24(5-2)16-11-18/h18-19H,4-17H2,1-3H3,(H2,21,22,23). The van der Waals surface area contributed by atoms with Crippen LogP contribution >= 0.6 is 0 Å². The van der Waals surface area contributed by atoms with Crippen LogP contribution in [0.3, 0.4) is 0 Å². The lowest BCUT2D eigenvalue weighted by Gasteiger charge is -2.35. The first-order valence-electron chi connectivity index (χ1n) is 10.7. The molecule has 0 aromatic rings. The summed E-state index contributed by atoms with van der Waals surface area (Å²) in [5.74, 6) is 1.85. The molecule has 2 rings (SSSR count). The smallest absolute Gasteiger partial charge is 0.191 e. The van der Waals surface area contributed by atoms with Gasteiger partial charge in [-0.1, -0.05) is 20.3 Å². The van der Waals surface area contributed by atoms with Gasteiger partial charge in [0.25, 0.3) is 0 Å². The molecule has 0 aliphatic carbocycles. The van der Waals surface area contributed by atoms with Gasteiger partial charge in [0, 0.05) is 32.7 Å². The lowest BCUT2D eigenvalue weighted by Crippen LogP contribution is -2.46. The molecule has 2 saturated heterocycles. The van der Waals surface area contributed by atoms with Gasteiger partial charge < -0.3 is 15.5 Å². The number of likely N-dealkylation sites (tertiary alicyclic amines) is 2. The number of guanidine groups is 1. The van der Waals surface area contributed by atoms with Crippen molar-refractivity contribution in [3.8, 4) is 0 Å². The lowest BCUT2D eigenvalue weighted by atomic mass is 9.93. The molecular formula is C20H41N5. The Hall–Kier alpha value is -0.810.